The summed E-state index contributed by atoms with van der Waals surface area (Å²) in [6.45, 7) is 11.1. The van der Waals surface area contributed by atoms with E-state index in [9.17, 15) is 0 Å². The Bertz CT molecular complexity index is 406. The van der Waals surface area contributed by atoms with Gasteiger partial charge in [-0.05, 0) is 51.9 Å². The maximum Gasteiger partial charge on any atom is 0.188 e. The number of hydrogen-bond acceptors (Lipinski definition) is 2. The first-order valence-electron chi connectivity index (χ1n) is 5.71. The normalized spacial score (nSPS) is 11.7. The van der Waals surface area contributed by atoms with Gasteiger partial charge in [0.15, 0.2) is 6.79 Å². The molecule has 3 heteroatoms. The van der Waals surface area contributed by atoms with Gasteiger partial charge in [-0.25, -0.2) is 0 Å². The van der Waals surface area contributed by atoms with Gasteiger partial charge in [0, 0.05) is 7.11 Å². The Kier molecular flexibility index (Phi) is 4.62. The first-order chi connectivity index (χ1) is 7.79. The second-order valence-electron chi connectivity index (χ2n) is 5.31. The van der Waals surface area contributed by atoms with Crippen molar-refractivity contribution >= 4 is 15.9 Å². The van der Waals surface area contributed by atoms with E-state index in [1.807, 2.05) is 0 Å². The predicted molar refractivity (Wildman–Crippen MR) is 74.8 cm³/mol. The van der Waals surface area contributed by atoms with Gasteiger partial charge in [-0.1, -0.05) is 26.8 Å². The Balaban J connectivity index is 3.27. The summed E-state index contributed by atoms with van der Waals surface area (Å²) < 4.78 is 11.6. The first-order valence-corrected chi connectivity index (χ1v) is 6.50. The summed E-state index contributed by atoms with van der Waals surface area (Å²) in [4.78, 5) is 0. The molecule has 1 aromatic rings. The van der Waals surface area contributed by atoms with Crippen LogP contribution in [0.15, 0.2) is 10.5 Å². The van der Waals surface area contributed by atoms with E-state index < -0.39 is 0 Å². The zero-order valence-electron chi connectivity index (χ0n) is 11.5. The minimum atomic E-state index is 0.136. The van der Waals surface area contributed by atoms with E-state index >= 15 is 0 Å². The SMILES string of the molecule is COCOc1c(C)cc(C(C)(C)C)c(C)c1Br. The molecule has 0 aromatic heterocycles. The average Bonchev–Trinajstić information content (AvgIpc) is 2.22. The average molecular weight is 301 g/mol. The molecule has 0 atom stereocenters. The Hall–Kier alpha value is -0.540. The molecular formula is C14H21BrO2. The molecule has 2 nitrogen and oxygen atoms in total. The molecule has 1 aromatic carbocycles. The van der Waals surface area contributed by atoms with E-state index in [0.717, 1.165) is 15.8 Å². The van der Waals surface area contributed by atoms with Gasteiger partial charge in [-0.15, -0.1) is 0 Å². The van der Waals surface area contributed by atoms with Crippen LogP contribution in [0.5, 0.6) is 5.75 Å². The molecule has 0 N–H and O–H groups in total. The second kappa shape index (κ2) is 5.40. The Morgan fingerprint density at radius 3 is 2.29 bits per heavy atom. The lowest BCUT2D eigenvalue weighted by Crippen LogP contribution is -2.14. The molecular weight excluding hydrogens is 280 g/mol. The summed E-state index contributed by atoms with van der Waals surface area (Å²) in [5.41, 5.74) is 3.84. The van der Waals surface area contributed by atoms with Gasteiger partial charge >= 0.3 is 0 Å². The largest absolute Gasteiger partial charge is 0.466 e. The molecule has 0 saturated heterocycles. The Labute approximate surface area is 112 Å². The van der Waals surface area contributed by atoms with E-state index in [0.29, 0.717) is 0 Å². The smallest absolute Gasteiger partial charge is 0.188 e. The highest BCUT2D eigenvalue weighted by Crippen LogP contribution is 2.38. The highest BCUT2D eigenvalue weighted by molar-refractivity contribution is 9.10. The van der Waals surface area contributed by atoms with E-state index in [4.69, 9.17) is 9.47 Å². The van der Waals surface area contributed by atoms with Crippen molar-refractivity contribution in [2.75, 3.05) is 13.9 Å². The van der Waals surface area contributed by atoms with E-state index in [1.54, 1.807) is 7.11 Å². The Morgan fingerprint density at radius 1 is 1.24 bits per heavy atom. The summed E-state index contributed by atoms with van der Waals surface area (Å²) in [6.07, 6.45) is 0. The van der Waals surface area contributed by atoms with Crippen molar-refractivity contribution in [3.63, 3.8) is 0 Å². The quantitative estimate of drug-likeness (QED) is 0.773. The number of methoxy groups -OCH3 is 1. The van der Waals surface area contributed by atoms with Gasteiger partial charge in [0.2, 0.25) is 0 Å². The molecule has 1 rings (SSSR count). The van der Waals surface area contributed by atoms with Crippen LogP contribution in [0.1, 0.15) is 37.5 Å². The van der Waals surface area contributed by atoms with Gasteiger partial charge in [0.25, 0.3) is 0 Å². The van der Waals surface area contributed by atoms with Crippen molar-refractivity contribution in [3.05, 3.63) is 27.2 Å². The van der Waals surface area contributed by atoms with Crippen LogP contribution in [0.25, 0.3) is 0 Å². The fraction of sp³-hybridized carbons (Fsp3) is 0.571. The van der Waals surface area contributed by atoms with Crippen LogP contribution in [-0.2, 0) is 10.2 Å². The van der Waals surface area contributed by atoms with Crippen molar-refractivity contribution in [2.24, 2.45) is 0 Å². The molecule has 0 aliphatic rings. The highest BCUT2D eigenvalue weighted by Gasteiger charge is 2.21. The van der Waals surface area contributed by atoms with Crippen LogP contribution >= 0.6 is 15.9 Å². The van der Waals surface area contributed by atoms with E-state index in [-0.39, 0.29) is 12.2 Å². The fourth-order valence-corrected chi connectivity index (χ4v) is 2.57. The molecule has 0 amide bonds. The van der Waals surface area contributed by atoms with Crippen molar-refractivity contribution < 1.29 is 9.47 Å². The number of rotatable bonds is 3. The maximum absolute atomic E-state index is 5.60. The van der Waals surface area contributed by atoms with Gasteiger partial charge in [0.1, 0.15) is 5.75 Å². The van der Waals surface area contributed by atoms with Crippen LogP contribution in [0.3, 0.4) is 0 Å². The lowest BCUT2D eigenvalue weighted by atomic mass is 9.83. The number of halogens is 1. The predicted octanol–water partition coefficient (Wildman–Crippen LogP) is 4.35. The molecule has 0 aliphatic carbocycles. The molecule has 0 unspecified atom stereocenters. The monoisotopic (exact) mass is 300 g/mol. The Morgan fingerprint density at radius 2 is 1.82 bits per heavy atom. The molecule has 0 bridgehead atoms. The number of benzene rings is 1. The standard InChI is InChI=1S/C14H21BrO2/c1-9-7-11(14(3,4)5)10(2)12(15)13(9)17-8-16-6/h7H,8H2,1-6H3. The summed E-state index contributed by atoms with van der Waals surface area (Å²) in [5.74, 6) is 0.873. The van der Waals surface area contributed by atoms with Crippen molar-refractivity contribution in [1.29, 1.82) is 0 Å². The highest BCUT2D eigenvalue weighted by atomic mass is 79.9. The van der Waals surface area contributed by atoms with Crippen LogP contribution in [0.4, 0.5) is 0 Å². The van der Waals surface area contributed by atoms with Crippen LogP contribution in [0, 0.1) is 13.8 Å². The molecule has 0 aliphatic heterocycles. The zero-order valence-corrected chi connectivity index (χ0v) is 13.1. The molecule has 0 spiro atoms. The second-order valence-corrected chi connectivity index (χ2v) is 6.10. The summed E-state index contributed by atoms with van der Waals surface area (Å²) >= 11 is 3.62. The van der Waals surface area contributed by atoms with Crippen LogP contribution in [-0.4, -0.2) is 13.9 Å². The van der Waals surface area contributed by atoms with Gasteiger partial charge in [-0.3, -0.25) is 0 Å². The number of ether oxygens (including phenoxy) is 2. The lowest BCUT2D eigenvalue weighted by molar-refractivity contribution is 0.0500. The third kappa shape index (κ3) is 3.23. The van der Waals surface area contributed by atoms with E-state index in [2.05, 4.69) is 56.6 Å². The van der Waals surface area contributed by atoms with Gasteiger partial charge in [0.05, 0.1) is 4.47 Å². The van der Waals surface area contributed by atoms with Crippen molar-refractivity contribution in [3.8, 4) is 5.75 Å². The third-order valence-corrected chi connectivity index (χ3v) is 3.74. The zero-order chi connectivity index (χ0) is 13.2. The minimum absolute atomic E-state index is 0.136. The molecule has 0 fully saturated rings. The van der Waals surface area contributed by atoms with Crippen molar-refractivity contribution in [2.45, 2.75) is 40.0 Å². The fourth-order valence-electron chi connectivity index (χ4n) is 1.93. The number of hydrogen-bond donors (Lipinski definition) is 0. The van der Waals surface area contributed by atoms with Crippen LogP contribution in [0.2, 0.25) is 0 Å². The minimum Gasteiger partial charge on any atom is -0.466 e. The van der Waals surface area contributed by atoms with E-state index in [1.165, 1.54) is 11.1 Å². The topological polar surface area (TPSA) is 18.5 Å². The maximum atomic E-state index is 5.60. The number of aryl methyl sites for hydroxylation is 1. The third-order valence-electron chi connectivity index (χ3n) is 2.78. The molecule has 17 heavy (non-hydrogen) atoms. The summed E-state index contributed by atoms with van der Waals surface area (Å²) in [6, 6.07) is 2.20. The first kappa shape index (κ1) is 14.5. The summed E-state index contributed by atoms with van der Waals surface area (Å²) in [7, 11) is 1.62. The van der Waals surface area contributed by atoms with Crippen LogP contribution < -0.4 is 4.74 Å². The molecule has 96 valence electrons. The molecule has 0 heterocycles. The molecule has 0 saturated carbocycles. The van der Waals surface area contributed by atoms with Gasteiger partial charge < -0.3 is 9.47 Å². The van der Waals surface area contributed by atoms with Gasteiger partial charge in [-0.2, -0.15) is 0 Å². The summed E-state index contributed by atoms with van der Waals surface area (Å²) in [5, 5.41) is 0. The lowest BCUT2D eigenvalue weighted by Gasteiger charge is -2.25. The molecule has 0 radical (unpaired) electrons. The van der Waals surface area contributed by atoms with Crippen molar-refractivity contribution in [1.82, 2.24) is 0 Å².